The van der Waals surface area contributed by atoms with E-state index in [0.29, 0.717) is 12.0 Å². The quantitative estimate of drug-likeness (QED) is 0.409. The van der Waals surface area contributed by atoms with E-state index in [-0.39, 0.29) is 0 Å². The van der Waals surface area contributed by atoms with Gasteiger partial charge in [-0.1, -0.05) is 26.7 Å². The average Bonchev–Trinajstić information content (AvgIpc) is 2.78. The minimum Gasteiger partial charge on any atom is -0.380 e. The highest BCUT2D eigenvalue weighted by atomic mass is 16.5. The van der Waals surface area contributed by atoms with Gasteiger partial charge in [0.25, 0.3) is 0 Å². The summed E-state index contributed by atoms with van der Waals surface area (Å²) in [6, 6.07) is 0.573. The number of nitrogens with one attached hydrogen (secondary N) is 2. The molecule has 0 aromatic carbocycles. The van der Waals surface area contributed by atoms with Crippen LogP contribution in [-0.4, -0.2) is 63.3 Å². The number of likely N-dealkylation sites (tertiary alicyclic amines) is 1. The topological polar surface area (TPSA) is 48.9 Å². The largest absolute Gasteiger partial charge is 0.380 e. The van der Waals surface area contributed by atoms with Crippen molar-refractivity contribution in [3.63, 3.8) is 0 Å². The van der Waals surface area contributed by atoms with E-state index in [9.17, 15) is 0 Å². The Labute approximate surface area is 136 Å². The molecule has 0 aliphatic carbocycles. The molecule has 1 saturated heterocycles. The second kappa shape index (κ2) is 11.7. The Morgan fingerprint density at radius 3 is 2.36 bits per heavy atom. The molecule has 0 amide bonds. The molecule has 1 atom stereocenters. The Kier molecular flexibility index (Phi) is 10.2. The van der Waals surface area contributed by atoms with Crippen molar-refractivity contribution in [2.75, 3.05) is 46.4 Å². The summed E-state index contributed by atoms with van der Waals surface area (Å²) in [6.45, 7) is 12.4. The molecule has 5 nitrogen and oxygen atoms in total. The lowest BCUT2D eigenvalue weighted by Gasteiger charge is -2.34. The van der Waals surface area contributed by atoms with Gasteiger partial charge in [0.15, 0.2) is 5.96 Å². The van der Waals surface area contributed by atoms with Gasteiger partial charge < -0.3 is 15.4 Å². The van der Waals surface area contributed by atoms with Gasteiger partial charge in [0.05, 0.1) is 6.61 Å². The van der Waals surface area contributed by atoms with Crippen LogP contribution in [0.5, 0.6) is 0 Å². The van der Waals surface area contributed by atoms with Crippen molar-refractivity contribution in [2.45, 2.75) is 52.5 Å². The van der Waals surface area contributed by atoms with Crippen LogP contribution >= 0.6 is 0 Å². The molecule has 0 aromatic heterocycles. The predicted molar refractivity (Wildman–Crippen MR) is 94.5 cm³/mol. The van der Waals surface area contributed by atoms with E-state index < -0.39 is 0 Å². The van der Waals surface area contributed by atoms with Crippen LogP contribution in [0.1, 0.15) is 46.5 Å². The lowest BCUT2D eigenvalue weighted by atomic mass is 10.0. The Bertz CT molecular complexity index is 299. The summed E-state index contributed by atoms with van der Waals surface area (Å²) in [4.78, 5) is 6.97. The molecule has 0 spiro atoms. The zero-order valence-corrected chi connectivity index (χ0v) is 15.0. The van der Waals surface area contributed by atoms with Gasteiger partial charge in [0, 0.05) is 32.8 Å². The first-order valence-corrected chi connectivity index (χ1v) is 8.95. The van der Waals surface area contributed by atoms with Crippen LogP contribution < -0.4 is 10.6 Å². The van der Waals surface area contributed by atoms with Crippen molar-refractivity contribution in [2.24, 2.45) is 10.9 Å². The maximum absolute atomic E-state index is 5.35. The molecule has 1 heterocycles. The van der Waals surface area contributed by atoms with E-state index in [4.69, 9.17) is 4.74 Å². The third kappa shape index (κ3) is 7.45. The van der Waals surface area contributed by atoms with E-state index in [1.54, 1.807) is 0 Å². The monoisotopic (exact) mass is 312 g/mol. The molecule has 1 aliphatic heterocycles. The van der Waals surface area contributed by atoms with Gasteiger partial charge in [0.2, 0.25) is 0 Å². The maximum atomic E-state index is 5.35. The summed E-state index contributed by atoms with van der Waals surface area (Å²) in [5, 5.41) is 6.80. The molecule has 0 saturated carbocycles. The van der Waals surface area contributed by atoms with Gasteiger partial charge in [-0.2, -0.15) is 0 Å². The molecule has 2 N–H and O–H groups in total. The van der Waals surface area contributed by atoms with Crippen molar-refractivity contribution in [3.05, 3.63) is 0 Å². The van der Waals surface area contributed by atoms with Crippen molar-refractivity contribution in [3.8, 4) is 0 Å². The van der Waals surface area contributed by atoms with Crippen LogP contribution in [0.2, 0.25) is 0 Å². The Hall–Kier alpha value is -0.810. The number of hydrogen-bond acceptors (Lipinski definition) is 3. The summed E-state index contributed by atoms with van der Waals surface area (Å²) in [5.41, 5.74) is 0. The predicted octanol–water partition coefficient (Wildman–Crippen LogP) is 2.09. The SMILES string of the molecule is CCOCCNC(=NC)NCC(C(C)C)N1CCCCCC1. The van der Waals surface area contributed by atoms with Gasteiger partial charge in [0.1, 0.15) is 0 Å². The zero-order valence-electron chi connectivity index (χ0n) is 15.0. The van der Waals surface area contributed by atoms with E-state index in [0.717, 1.165) is 32.3 Å². The number of ether oxygens (including phenoxy) is 1. The molecule has 1 rings (SSSR count). The summed E-state index contributed by atoms with van der Waals surface area (Å²) in [5.74, 6) is 1.52. The second-order valence-electron chi connectivity index (χ2n) is 6.34. The minimum absolute atomic E-state index is 0.573. The van der Waals surface area contributed by atoms with Crippen LogP contribution in [0.4, 0.5) is 0 Å². The molecular weight excluding hydrogens is 276 g/mol. The number of rotatable bonds is 8. The van der Waals surface area contributed by atoms with Crippen LogP contribution in [0, 0.1) is 5.92 Å². The fourth-order valence-electron chi connectivity index (χ4n) is 3.02. The van der Waals surface area contributed by atoms with Crippen molar-refractivity contribution >= 4 is 5.96 Å². The van der Waals surface area contributed by atoms with Crippen LogP contribution in [0.25, 0.3) is 0 Å². The van der Waals surface area contributed by atoms with Crippen molar-refractivity contribution < 1.29 is 4.74 Å². The lowest BCUT2D eigenvalue weighted by molar-refractivity contribution is 0.151. The first kappa shape index (κ1) is 19.2. The first-order chi connectivity index (χ1) is 10.7. The Balaban J connectivity index is 2.41. The standard InChI is InChI=1S/C17H36N4O/c1-5-22-13-10-19-17(18-4)20-14-16(15(2)3)21-11-8-6-7-9-12-21/h15-16H,5-14H2,1-4H3,(H2,18,19,20). The molecule has 130 valence electrons. The zero-order chi connectivity index (χ0) is 16.2. The van der Waals surface area contributed by atoms with Crippen LogP contribution in [0.3, 0.4) is 0 Å². The maximum Gasteiger partial charge on any atom is 0.191 e. The van der Waals surface area contributed by atoms with Gasteiger partial charge in [-0.05, 0) is 38.8 Å². The highest BCUT2D eigenvalue weighted by Gasteiger charge is 2.22. The normalized spacial score (nSPS) is 19.0. The fourth-order valence-corrected chi connectivity index (χ4v) is 3.02. The van der Waals surface area contributed by atoms with Gasteiger partial charge in [-0.3, -0.25) is 9.89 Å². The van der Waals surface area contributed by atoms with Gasteiger partial charge >= 0.3 is 0 Å². The molecule has 1 aliphatic rings. The highest BCUT2D eigenvalue weighted by Crippen LogP contribution is 2.16. The summed E-state index contributed by atoms with van der Waals surface area (Å²) < 4.78 is 5.35. The number of aliphatic imine (C=N–C) groups is 1. The number of nitrogens with zero attached hydrogens (tertiary/aromatic N) is 2. The van der Waals surface area contributed by atoms with Crippen LogP contribution in [-0.2, 0) is 4.74 Å². The van der Waals surface area contributed by atoms with Gasteiger partial charge in [-0.15, -0.1) is 0 Å². The summed E-state index contributed by atoms with van der Waals surface area (Å²) in [7, 11) is 1.83. The number of guanidine groups is 1. The van der Waals surface area contributed by atoms with E-state index >= 15 is 0 Å². The smallest absolute Gasteiger partial charge is 0.191 e. The molecule has 22 heavy (non-hydrogen) atoms. The molecule has 0 bridgehead atoms. The minimum atomic E-state index is 0.573. The van der Waals surface area contributed by atoms with Gasteiger partial charge in [-0.25, -0.2) is 0 Å². The summed E-state index contributed by atoms with van der Waals surface area (Å²) >= 11 is 0. The molecule has 1 fully saturated rings. The lowest BCUT2D eigenvalue weighted by Crippen LogP contribution is -2.50. The molecule has 0 aromatic rings. The Morgan fingerprint density at radius 2 is 1.82 bits per heavy atom. The van der Waals surface area contributed by atoms with E-state index in [1.807, 2.05) is 14.0 Å². The highest BCUT2D eigenvalue weighted by molar-refractivity contribution is 5.79. The molecule has 1 unspecified atom stereocenters. The molecular formula is C17H36N4O. The third-order valence-electron chi connectivity index (χ3n) is 4.32. The third-order valence-corrected chi connectivity index (χ3v) is 4.32. The number of hydrogen-bond donors (Lipinski definition) is 2. The van der Waals surface area contributed by atoms with E-state index in [1.165, 1.54) is 38.8 Å². The van der Waals surface area contributed by atoms with Crippen molar-refractivity contribution in [1.82, 2.24) is 15.5 Å². The van der Waals surface area contributed by atoms with E-state index in [2.05, 4.69) is 34.4 Å². The second-order valence-corrected chi connectivity index (χ2v) is 6.34. The molecule has 0 radical (unpaired) electrons. The average molecular weight is 313 g/mol. The molecule has 5 heteroatoms. The van der Waals surface area contributed by atoms with Crippen LogP contribution in [0.15, 0.2) is 4.99 Å². The Morgan fingerprint density at radius 1 is 1.14 bits per heavy atom. The van der Waals surface area contributed by atoms with Crippen molar-refractivity contribution in [1.29, 1.82) is 0 Å². The summed E-state index contributed by atoms with van der Waals surface area (Å²) in [6.07, 6.45) is 5.44. The first-order valence-electron chi connectivity index (χ1n) is 8.95. The fraction of sp³-hybridized carbons (Fsp3) is 0.941.